The molecule has 2 atom stereocenters. The predicted octanol–water partition coefficient (Wildman–Crippen LogP) is 4.34. The summed E-state index contributed by atoms with van der Waals surface area (Å²) in [6.45, 7) is 5.66. The normalized spacial score (nSPS) is 21.1. The molecule has 1 aliphatic carbocycles. The molecule has 2 heterocycles. The molecule has 0 spiro atoms. The Kier molecular flexibility index (Phi) is 5.54. The number of rotatable bonds is 3. The molecule has 1 aliphatic heterocycles. The number of carbonyl (C=O) groups excluding carboxylic acids is 2. The first-order valence-electron chi connectivity index (χ1n) is 10.2. The van der Waals surface area contributed by atoms with Crippen LogP contribution in [0.1, 0.15) is 29.8 Å². The summed E-state index contributed by atoms with van der Waals surface area (Å²) in [5.41, 5.74) is 2.62. The Hall–Kier alpha value is -2.13. The van der Waals surface area contributed by atoms with E-state index in [-0.39, 0.29) is 28.0 Å². The van der Waals surface area contributed by atoms with Gasteiger partial charge in [0, 0.05) is 31.1 Å². The number of carbonyl (C=O) groups is 2. The van der Waals surface area contributed by atoms with Crippen LogP contribution in [0.3, 0.4) is 0 Å². The summed E-state index contributed by atoms with van der Waals surface area (Å²) < 4.78 is 40.6. The van der Waals surface area contributed by atoms with E-state index >= 15 is 0 Å². The van der Waals surface area contributed by atoms with Crippen LogP contribution in [0.25, 0.3) is 16.5 Å². The van der Waals surface area contributed by atoms with Gasteiger partial charge in [-0.15, -0.1) is 0 Å². The highest BCUT2D eigenvalue weighted by Gasteiger charge is 2.44. The molecule has 1 aromatic heterocycles. The summed E-state index contributed by atoms with van der Waals surface area (Å²) in [7, 11) is 1.93. The van der Waals surface area contributed by atoms with Crippen molar-refractivity contribution in [3.63, 3.8) is 0 Å². The third kappa shape index (κ3) is 3.42. The van der Waals surface area contributed by atoms with Gasteiger partial charge >= 0.3 is 12.1 Å². The van der Waals surface area contributed by atoms with Gasteiger partial charge in [0.25, 0.3) is 0 Å². The van der Waals surface area contributed by atoms with Crippen LogP contribution in [0.4, 0.5) is 13.2 Å². The second-order valence-corrected chi connectivity index (χ2v) is 8.76. The van der Waals surface area contributed by atoms with Crippen LogP contribution in [-0.4, -0.2) is 65.1 Å². The number of halogens is 4. The highest BCUT2D eigenvalue weighted by molar-refractivity contribution is 9.10. The molecule has 166 valence electrons. The van der Waals surface area contributed by atoms with E-state index in [0.29, 0.717) is 41.6 Å². The molecule has 1 aromatic carbocycles. The molecule has 0 radical (unpaired) electrons. The Morgan fingerprint density at radius 3 is 2.52 bits per heavy atom. The van der Waals surface area contributed by atoms with E-state index in [2.05, 4.69) is 20.8 Å². The number of alkyl halides is 3. The third-order valence-corrected chi connectivity index (χ3v) is 7.17. The molecule has 0 saturated carbocycles. The van der Waals surface area contributed by atoms with E-state index in [4.69, 9.17) is 0 Å². The number of nitrogens with zero attached hydrogens (tertiary/aromatic N) is 3. The fourth-order valence-electron chi connectivity index (χ4n) is 4.84. The lowest BCUT2D eigenvalue weighted by molar-refractivity contribution is -0.134. The van der Waals surface area contributed by atoms with E-state index in [9.17, 15) is 22.8 Å². The summed E-state index contributed by atoms with van der Waals surface area (Å²) in [4.78, 5) is 29.0. The van der Waals surface area contributed by atoms with Crippen molar-refractivity contribution in [1.29, 1.82) is 0 Å². The lowest BCUT2D eigenvalue weighted by Gasteiger charge is -2.40. The smallest absolute Gasteiger partial charge is 0.343 e. The van der Waals surface area contributed by atoms with Gasteiger partial charge in [-0.2, -0.15) is 13.2 Å². The van der Waals surface area contributed by atoms with Gasteiger partial charge in [0.15, 0.2) is 0 Å². The van der Waals surface area contributed by atoms with Gasteiger partial charge in [0.2, 0.25) is 5.91 Å². The fraction of sp³-hybridized carbons (Fsp3) is 0.455. The van der Waals surface area contributed by atoms with E-state index in [1.165, 1.54) is 6.07 Å². The first kappa shape index (κ1) is 22.1. The number of hydrogen-bond donors (Lipinski definition) is 0. The van der Waals surface area contributed by atoms with E-state index in [1.54, 1.807) is 11.0 Å². The van der Waals surface area contributed by atoms with Gasteiger partial charge in [-0.25, -0.2) is 0 Å². The Bertz CT molecular complexity index is 1100. The minimum atomic E-state index is -4.99. The predicted molar refractivity (Wildman–Crippen MR) is 116 cm³/mol. The number of hydrogen-bond acceptors (Lipinski definition) is 3. The minimum Gasteiger partial charge on any atom is -0.343 e. The monoisotopic (exact) mass is 497 g/mol. The summed E-state index contributed by atoms with van der Waals surface area (Å²) in [6.07, 6.45) is -2.56. The van der Waals surface area contributed by atoms with E-state index in [0.717, 1.165) is 11.1 Å². The van der Waals surface area contributed by atoms with Crippen molar-refractivity contribution in [2.75, 3.05) is 26.7 Å². The molecule has 4 rings (SSSR count). The number of amides is 1. The first-order valence-corrected chi connectivity index (χ1v) is 11.0. The molecule has 0 saturated heterocycles. The van der Waals surface area contributed by atoms with Gasteiger partial charge in [0.05, 0.1) is 16.0 Å². The van der Waals surface area contributed by atoms with Crippen LogP contribution in [-0.2, 0) is 11.2 Å². The topological polar surface area (TPSA) is 45.6 Å². The lowest BCUT2D eigenvalue weighted by Crippen LogP contribution is -2.47. The number of fused-ring (bicyclic) bond motifs is 2. The van der Waals surface area contributed by atoms with Gasteiger partial charge in [-0.3, -0.25) is 19.1 Å². The number of benzene rings is 1. The lowest BCUT2D eigenvalue weighted by atomic mass is 9.79. The Labute approximate surface area is 186 Å². The van der Waals surface area contributed by atoms with Gasteiger partial charge < -0.3 is 4.90 Å². The second-order valence-electron chi connectivity index (χ2n) is 8.01. The van der Waals surface area contributed by atoms with Gasteiger partial charge in [-0.05, 0) is 66.0 Å². The van der Waals surface area contributed by atoms with Crippen molar-refractivity contribution < 1.29 is 22.8 Å². The molecule has 0 unspecified atom stereocenters. The summed E-state index contributed by atoms with van der Waals surface area (Å²) in [5.74, 6) is -2.20. The van der Waals surface area contributed by atoms with E-state index < -0.39 is 12.1 Å². The summed E-state index contributed by atoms with van der Waals surface area (Å²) in [5, 5.41) is 0.638. The average Bonchev–Trinajstić information content (AvgIpc) is 3.00. The highest BCUT2D eigenvalue weighted by atomic mass is 79.9. The van der Waals surface area contributed by atoms with E-state index in [1.807, 2.05) is 33.0 Å². The number of likely N-dealkylation sites (N-methyl/N-ethyl adjacent to an activating group) is 1. The van der Waals surface area contributed by atoms with Gasteiger partial charge in [-0.1, -0.05) is 18.2 Å². The molecule has 0 fully saturated rings. The third-order valence-electron chi connectivity index (χ3n) is 6.33. The standard InChI is InChI=1S/C22H23BrF3N3O2/c1-4-28(5-2)20(30)12-9-14-13-7-6-8-16-18(13)15(10-17(14)27(3)11-12)19(23)29(16)21(31)22(24,25)26/h6-9,12,17H,4-5,10-11H2,1-3H3/t12-,17-/m1/s1. The molecular formula is C22H23BrF3N3O2. The van der Waals surface area contributed by atoms with Crippen molar-refractivity contribution in [1.82, 2.24) is 14.4 Å². The summed E-state index contributed by atoms with van der Waals surface area (Å²) in [6, 6.07) is 4.97. The maximum Gasteiger partial charge on any atom is 0.472 e. The zero-order valence-electron chi connectivity index (χ0n) is 17.5. The number of aromatic nitrogens is 1. The quantitative estimate of drug-likeness (QED) is 0.633. The molecule has 0 N–H and O–H groups in total. The Morgan fingerprint density at radius 1 is 1.23 bits per heavy atom. The first-order chi connectivity index (χ1) is 14.6. The van der Waals surface area contributed by atoms with Gasteiger partial charge in [0.1, 0.15) is 0 Å². The molecule has 31 heavy (non-hydrogen) atoms. The maximum absolute atomic E-state index is 13.3. The Balaban J connectivity index is 1.89. The zero-order valence-corrected chi connectivity index (χ0v) is 19.0. The van der Waals surface area contributed by atoms with Crippen LogP contribution < -0.4 is 0 Å². The largest absolute Gasteiger partial charge is 0.472 e. The SMILES string of the molecule is CCN(CC)C(=O)[C@@H]1C=C2c3cccc4c3c(c(Br)n4C(=O)C(F)(F)F)C[C@H]2N(C)C1. The molecule has 1 amide bonds. The van der Waals surface area contributed by atoms with Crippen molar-refractivity contribution in [3.8, 4) is 0 Å². The highest BCUT2D eigenvalue weighted by Crippen LogP contribution is 2.45. The van der Waals surface area contributed by atoms with Crippen molar-refractivity contribution in [2.24, 2.45) is 5.92 Å². The molecule has 2 aliphatic rings. The molecule has 9 heteroatoms. The van der Waals surface area contributed by atoms with Crippen molar-refractivity contribution in [3.05, 3.63) is 40.0 Å². The molecule has 2 aromatic rings. The maximum atomic E-state index is 13.3. The van der Waals surface area contributed by atoms with Crippen LogP contribution in [0.2, 0.25) is 0 Å². The molecular weight excluding hydrogens is 475 g/mol. The van der Waals surface area contributed by atoms with Crippen LogP contribution in [0.5, 0.6) is 0 Å². The van der Waals surface area contributed by atoms with Crippen molar-refractivity contribution in [2.45, 2.75) is 32.5 Å². The fourth-order valence-corrected chi connectivity index (χ4v) is 5.55. The second kappa shape index (κ2) is 7.78. The zero-order chi connectivity index (χ0) is 22.7. The van der Waals surface area contributed by atoms with Crippen LogP contribution >= 0.6 is 15.9 Å². The minimum absolute atomic E-state index is 0.0479. The van der Waals surface area contributed by atoms with Crippen LogP contribution in [0.15, 0.2) is 28.9 Å². The van der Waals surface area contributed by atoms with Crippen LogP contribution in [0, 0.1) is 5.92 Å². The average molecular weight is 498 g/mol. The molecule has 0 bridgehead atoms. The molecule has 5 nitrogen and oxygen atoms in total. The summed E-state index contributed by atoms with van der Waals surface area (Å²) >= 11 is 3.27. The Morgan fingerprint density at radius 2 is 1.90 bits per heavy atom. The van der Waals surface area contributed by atoms with Crippen molar-refractivity contribution >= 4 is 44.2 Å².